The average Bonchev–Trinajstić information content (AvgIpc) is 2.26. The Kier molecular flexibility index (Phi) is 2.47. The van der Waals surface area contributed by atoms with E-state index in [1.165, 1.54) is 31.2 Å². The molecule has 86 valence electrons. The molecule has 0 saturated carbocycles. The van der Waals surface area contributed by atoms with Crippen molar-refractivity contribution in [3.05, 3.63) is 50.4 Å². The minimum atomic E-state index is -0.787. The van der Waals surface area contributed by atoms with Gasteiger partial charge in [-0.05, 0) is 19.1 Å². The van der Waals surface area contributed by atoms with Crippen LogP contribution in [0.3, 0.4) is 0 Å². The Morgan fingerprint density at radius 3 is 2.71 bits per heavy atom. The molecule has 0 atom stereocenters. The van der Waals surface area contributed by atoms with Gasteiger partial charge in [-0.15, -0.1) is 0 Å². The zero-order valence-electron chi connectivity index (χ0n) is 8.80. The molecule has 0 fully saturated rings. The zero-order chi connectivity index (χ0) is 12.6. The Balaban J connectivity index is 2.90. The van der Waals surface area contributed by atoms with Gasteiger partial charge in [-0.25, -0.2) is 4.79 Å². The third-order valence-corrected chi connectivity index (χ3v) is 2.33. The van der Waals surface area contributed by atoms with Gasteiger partial charge in [0.05, 0.1) is 10.3 Å². The molecule has 0 spiro atoms. The molecule has 6 nitrogen and oxygen atoms in total. The Hall–Kier alpha value is -2.50. The molecule has 2 rings (SSSR count). The minimum Gasteiger partial charge on any atom is -0.422 e. The molecule has 0 unspecified atom stereocenters. The first-order valence-electron chi connectivity index (χ1n) is 4.73. The highest BCUT2D eigenvalue weighted by atomic mass is 16.6. The summed E-state index contributed by atoms with van der Waals surface area (Å²) >= 11 is 0. The van der Waals surface area contributed by atoms with E-state index in [1.807, 2.05) is 0 Å². The molecule has 1 aromatic heterocycles. The monoisotopic (exact) mass is 233 g/mol. The first kappa shape index (κ1) is 11.0. The van der Waals surface area contributed by atoms with Gasteiger partial charge in [-0.3, -0.25) is 14.9 Å². The average molecular weight is 233 g/mol. The van der Waals surface area contributed by atoms with Crippen LogP contribution in [0.5, 0.6) is 0 Å². The number of fused-ring (bicyclic) bond motifs is 1. The van der Waals surface area contributed by atoms with Crippen LogP contribution < -0.4 is 5.63 Å². The van der Waals surface area contributed by atoms with E-state index >= 15 is 0 Å². The number of carbonyl (C=O) groups is 1. The highest BCUT2D eigenvalue weighted by molar-refractivity contribution is 5.98. The molecule has 0 bridgehead atoms. The molecular formula is C11H7NO5. The molecule has 1 aromatic carbocycles. The molecule has 0 aliphatic heterocycles. The summed E-state index contributed by atoms with van der Waals surface area (Å²) in [6, 6.07) is 5.33. The summed E-state index contributed by atoms with van der Waals surface area (Å²) in [5.41, 5.74) is -1.08. The number of nitro benzene ring substituents is 1. The maximum Gasteiger partial charge on any atom is 0.347 e. The number of carbonyl (C=O) groups excluding carboxylic acids is 1. The van der Waals surface area contributed by atoms with Crippen LogP contribution in [0.15, 0.2) is 33.5 Å². The van der Waals surface area contributed by atoms with Gasteiger partial charge in [0.15, 0.2) is 5.78 Å². The zero-order valence-corrected chi connectivity index (χ0v) is 8.80. The number of ketones is 1. The van der Waals surface area contributed by atoms with Crippen molar-refractivity contribution in [3.8, 4) is 0 Å². The summed E-state index contributed by atoms with van der Waals surface area (Å²) < 4.78 is 4.86. The lowest BCUT2D eigenvalue weighted by molar-refractivity contribution is -0.383. The van der Waals surface area contributed by atoms with Crippen molar-refractivity contribution in [2.45, 2.75) is 6.92 Å². The Morgan fingerprint density at radius 1 is 1.41 bits per heavy atom. The van der Waals surface area contributed by atoms with Gasteiger partial charge in [0.1, 0.15) is 11.1 Å². The molecule has 0 aliphatic carbocycles. The van der Waals surface area contributed by atoms with E-state index in [4.69, 9.17) is 4.42 Å². The van der Waals surface area contributed by atoms with Crippen molar-refractivity contribution in [3.63, 3.8) is 0 Å². The number of nitro groups is 1. The standard InChI is InChI=1S/C11H7NO5/c1-6(13)7-5-8-9(12(15)16)3-2-4-10(8)17-11(7)14/h2-5H,1H3. The van der Waals surface area contributed by atoms with E-state index < -0.39 is 16.3 Å². The number of hydrogen-bond donors (Lipinski definition) is 0. The first-order valence-corrected chi connectivity index (χ1v) is 4.73. The molecule has 0 radical (unpaired) electrons. The quantitative estimate of drug-likeness (QED) is 0.342. The van der Waals surface area contributed by atoms with E-state index in [2.05, 4.69) is 0 Å². The third kappa shape index (κ3) is 1.80. The fraction of sp³-hybridized carbons (Fsp3) is 0.0909. The molecule has 1 heterocycles. The molecular weight excluding hydrogens is 226 g/mol. The van der Waals surface area contributed by atoms with Crippen LogP contribution in [0, 0.1) is 10.1 Å². The van der Waals surface area contributed by atoms with Gasteiger partial charge in [-0.1, -0.05) is 6.07 Å². The van der Waals surface area contributed by atoms with Crippen LogP contribution in [-0.2, 0) is 0 Å². The van der Waals surface area contributed by atoms with Gasteiger partial charge < -0.3 is 4.42 Å². The predicted octanol–water partition coefficient (Wildman–Crippen LogP) is 1.90. The summed E-state index contributed by atoms with van der Waals surface area (Å²) in [5, 5.41) is 10.9. The SMILES string of the molecule is CC(=O)c1cc2c([N+](=O)[O-])cccc2oc1=O. The van der Waals surface area contributed by atoms with Gasteiger partial charge in [0.25, 0.3) is 5.69 Å². The molecule has 0 aliphatic rings. The fourth-order valence-corrected chi connectivity index (χ4v) is 1.53. The van der Waals surface area contributed by atoms with E-state index in [-0.39, 0.29) is 22.2 Å². The lowest BCUT2D eigenvalue weighted by atomic mass is 10.1. The van der Waals surface area contributed by atoms with E-state index in [0.29, 0.717) is 0 Å². The smallest absolute Gasteiger partial charge is 0.347 e. The number of Topliss-reactive ketones (excluding diaryl/α,β-unsaturated/α-hetero) is 1. The van der Waals surface area contributed by atoms with E-state index in [0.717, 1.165) is 0 Å². The van der Waals surface area contributed by atoms with Crippen molar-refractivity contribution >= 4 is 22.4 Å². The Morgan fingerprint density at radius 2 is 2.12 bits per heavy atom. The van der Waals surface area contributed by atoms with Crippen LogP contribution in [0.4, 0.5) is 5.69 Å². The summed E-state index contributed by atoms with van der Waals surface area (Å²) in [6.07, 6.45) is 0. The predicted molar refractivity (Wildman–Crippen MR) is 59.1 cm³/mol. The fourth-order valence-electron chi connectivity index (χ4n) is 1.53. The normalized spacial score (nSPS) is 10.4. The number of benzene rings is 1. The van der Waals surface area contributed by atoms with Crippen LogP contribution in [0.2, 0.25) is 0 Å². The first-order chi connectivity index (χ1) is 8.00. The largest absolute Gasteiger partial charge is 0.422 e. The topological polar surface area (TPSA) is 90.4 Å². The highest BCUT2D eigenvalue weighted by Crippen LogP contribution is 2.24. The summed E-state index contributed by atoms with van der Waals surface area (Å²) in [5.74, 6) is -0.487. The van der Waals surface area contributed by atoms with Crippen molar-refractivity contribution in [1.82, 2.24) is 0 Å². The third-order valence-electron chi connectivity index (χ3n) is 2.33. The van der Waals surface area contributed by atoms with E-state index in [9.17, 15) is 19.7 Å². The van der Waals surface area contributed by atoms with Crippen molar-refractivity contribution in [2.75, 3.05) is 0 Å². The van der Waals surface area contributed by atoms with Crippen LogP contribution in [0.1, 0.15) is 17.3 Å². The van der Waals surface area contributed by atoms with E-state index in [1.54, 1.807) is 0 Å². The lowest BCUT2D eigenvalue weighted by Gasteiger charge is -1.99. The molecule has 0 N–H and O–H groups in total. The maximum absolute atomic E-state index is 11.4. The van der Waals surface area contributed by atoms with Gasteiger partial charge in [0.2, 0.25) is 0 Å². The maximum atomic E-state index is 11.4. The molecule has 17 heavy (non-hydrogen) atoms. The number of nitrogens with zero attached hydrogens (tertiary/aromatic N) is 1. The lowest BCUT2D eigenvalue weighted by Crippen LogP contribution is -2.11. The Labute approximate surface area is 94.6 Å². The molecule has 6 heteroatoms. The van der Waals surface area contributed by atoms with Crippen molar-refractivity contribution in [1.29, 1.82) is 0 Å². The van der Waals surface area contributed by atoms with Crippen molar-refractivity contribution < 1.29 is 14.1 Å². The number of hydrogen-bond acceptors (Lipinski definition) is 5. The highest BCUT2D eigenvalue weighted by Gasteiger charge is 2.16. The second kappa shape index (κ2) is 3.82. The summed E-state index contributed by atoms with van der Waals surface area (Å²) in [7, 11) is 0. The summed E-state index contributed by atoms with van der Waals surface area (Å²) in [6.45, 7) is 1.20. The van der Waals surface area contributed by atoms with Crippen LogP contribution in [0.25, 0.3) is 11.0 Å². The summed E-state index contributed by atoms with van der Waals surface area (Å²) in [4.78, 5) is 32.8. The molecule has 2 aromatic rings. The van der Waals surface area contributed by atoms with Crippen LogP contribution >= 0.6 is 0 Å². The minimum absolute atomic E-state index is 0.0919. The van der Waals surface area contributed by atoms with Gasteiger partial charge >= 0.3 is 5.63 Å². The molecule has 0 amide bonds. The van der Waals surface area contributed by atoms with Gasteiger partial charge in [-0.2, -0.15) is 0 Å². The van der Waals surface area contributed by atoms with Gasteiger partial charge in [0, 0.05) is 6.07 Å². The number of rotatable bonds is 2. The second-order valence-electron chi connectivity index (χ2n) is 3.45. The van der Waals surface area contributed by atoms with Crippen LogP contribution in [-0.4, -0.2) is 10.7 Å². The molecule has 0 saturated heterocycles. The Bertz CT molecular complexity index is 686. The number of non-ortho nitro benzene ring substituents is 1. The second-order valence-corrected chi connectivity index (χ2v) is 3.45. The van der Waals surface area contributed by atoms with Crippen molar-refractivity contribution in [2.24, 2.45) is 0 Å².